The average molecular weight is 578 g/mol. The summed E-state index contributed by atoms with van der Waals surface area (Å²) in [5.41, 5.74) is -1.04. The molecule has 6 nitrogen and oxygen atoms in total. The number of ether oxygens (including phenoxy) is 1. The van der Waals surface area contributed by atoms with Gasteiger partial charge in [0.25, 0.3) is 0 Å². The van der Waals surface area contributed by atoms with Gasteiger partial charge in [-0.25, -0.2) is 18.3 Å². The molecule has 0 aliphatic rings. The first-order chi connectivity index (χ1) is 18.1. The van der Waals surface area contributed by atoms with Gasteiger partial charge in [-0.2, -0.15) is 13.2 Å². The summed E-state index contributed by atoms with van der Waals surface area (Å²) in [6, 6.07) is 10.1. The van der Waals surface area contributed by atoms with Crippen LogP contribution in [0.15, 0.2) is 54.6 Å². The molecule has 39 heavy (non-hydrogen) atoms. The summed E-state index contributed by atoms with van der Waals surface area (Å²) < 4.78 is 110. The second kappa shape index (κ2) is 12.1. The fraction of sp³-hybridized carbons (Fsp3) is 0.280. The van der Waals surface area contributed by atoms with Crippen LogP contribution in [0.2, 0.25) is 0 Å². The second-order valence-corrected chi connectivity index (χ2v) is 9.54. The predicted molar refractivity (Wildman–Crippen MR) is 129 cm³/mol. The van der Waals surface area contributed by atoms with Crippen LogP contribution in [-0.4, -0.2) is 27.7 Å². The molecule has 2 N–H and O–H groups in total. The van der Waals surface area contributed by atoms with Crippen LogP contribution in [0.5, 0.6) is 5.75 Å². The van der Waals surface area contributed by atoms with Gasteiger partial charge in [-0.1, -0.05) is 30.3 Å². The number of aromatic nitrogens is 1. The van der Waals surface area contributed by atoms with Crippen molar-refractivity contribution < 1.29 is 44.5 Å². The van der Waals surface area contributed by atoms with E-state index >= 15 is 0 Å². The number of pyridine rings is 1. The van der Waals surface area contributed by atoms with Crippen molar-refractivity contribution in [3.63, 3.8) is 0 Å². The fourth-order valence-corrected chi connectivity index (χ4v) is 3.88. The number of amides is 1. The van der Waals surface area contributed by atoms with Crippen molar-refractivity contribution in [1.82, 2.24) is 15.0 Å². The fourth-order valence-electron chi connectivity index (χ4n) is 3.52. The van der Waals surface area contributed by atoms with E-state index in [0.29, 0.717) is 11.6 Å². The van der Waals surface area contributed by atoms with Gasteiger partial charge in [-0.15, -0.1) is 13.2 Å². The van der Waals surface area contributed by atoms with Gasteiger partial charge in [0.15, 0.2) is 0 Å². The van der Waals surface area contributed by atoms with Gasteiger partial charge < -0.3 is 10.1 Å². The molecular formula is C25H22F7N3O3S. The second-order valence-electron chi connectivity index (χ2n) is 8.34. The van der Waals surface area contributed by atoms with Gasteiger partial charge in [0.05, 0.1) is 22.6 Å². The third kappa shape index (κ3) is 8.48. The van der Waals surface area contributed by atoms with Crippen LogP contribution in [0, 0.1) is 5.82 Å². The standard InChI is InChI=1S/C25H22F7N3O3S/c1-14(15-6-7-17(20(26)11-15)13-34-39(2)37)23(36)33-12-18-8-9-21(24(27,28)29)35-22(18)16-4-3-5-19(10-16)38-25(30,31)32/h3-11,14,34H,12-13H2,1-2H3,(H,33,36). The van der Waals surface area contributed by atoms with Crippen molar-refractivity contribution in [1.29, 1.82) is 0 Å². The maximum Gasteiger partial charge on any atom is 0.573 e. The lowest BCUT2D eigenvalue weighted by Crippen LogP contribution is -2.28. The number of carbonyl (C=O) groups excluding carboxylic acids is 1. The Bertz CT molecular complexity index is 1360. The molecule has 0 spiro atoms. The molecule has 0 radical (unpaired) electrons. The van der Waals surface area contributed by atoms with E-state index in [9.17, 15) is 39.7 Å². The van der Waals surface area contributed by atoms with Crippen molar-refractivity contribution in [2.45, 2.75) is 38.5 Å². The Labute approximate surface area is 221 Å². The summed E-state index contributed by atoms with van der Waals surface area (Å²) >= 11 is 0. The molecule has 0 aliphatic heterocycles. The molecule has 0 fully saturated rings. The molecule has 3 aromatic rings. The van der Waals surface area contributed by atoms with Crippen molar-refractivity contribution >= 4 is 16.9 Å². The van der Waals surface area contributed by atoms with Gasteiger partial charge >= 0.3 is 12.5 Å². The van der Waals surface area contributed by atoms with Crippen LogP contribution in [0.1, 0.15) is 35.2 Å². The van der Waals surface area contributed by atoms with E-state index in [-0.39, 0.29) is 35.5 Å². The number of rotatable bonds is 9. The minimum absolute atomic E-state index is 0.00864. The highest BCUT2D eigenvalue weighted by Crippen LogP contribution is 2.33. The van der Waals surface area contributed by atoms with E-state index in [4.69, 9.17) is 0 Å². The molecule has 2 unspecified atom stereocenters. The summed E-state index contributed by atoms with van der Waals surface area (Å²) in [5.74, 6) is -2.74. The number of alkyl halides is 6. The van der Waals surface area contributed by atoms with Gasteiger partial charge in [0, 0.05) is 30.5 Å². The normalized spacial score (nSPS) is 13.6. The SMILES string of the molecule is CC(C(=O)NCc1ccc(C(F)(F)F)nc1-c1cccc(OC(F)(F)F)c1)c1ccc(CNS(C)=O)c(F)c1. The number of hydrogen-bond donors (Lipinski definition) is 2. The monoisotopic (exact) mass is 577 g/mol. The van der Waals surface area contributed by atoms with E-state index in [1.165, 1.54) is 31.4 Å². The first kappa shape index (κ1) is 30.0. The largest absolute Gasteiger partial charge is 0.573 e. The van der Waals surface area contributed by atoms with E-state index in [2.05, 4.69) is 19.8 Å². The summed E-state index contributed by atoms with van der Waals surface area (Å²) in [4.78, 5) is 16.4. The highest BCUT2D eigenvalue weighted by atomic mass is 32.2. The number of nitrogens with zero attached hydrogens (tertiary/aromatic N) is 1. The van der Waals surface area contributed by atoms with Crippen LogP contribution in [0.3, 0.4) is 0 Å². The van der Waals surface area contributed by atoms with Gasteiger partial charge in [-0.3, -0.25) is 4.79 Å². The maximum atomic E-state index is 14.4. The average Bonchev–Trinajstić information content (AvgIpc) is 2.84. The highest BCUT2D eigenvalue weighted by Gasteiger charge is 2.34. The Morgan fingerprint density at radius 1 is 1.00 bits per heavy atom. The van der Waals surface area contributed by atoms with E-state index in [1.807, 2.05) is 0 Å². The minimum Gasteiger partial charge on any atom is -0.406 e. The van der Waals surface area contributed by atoms with E-state index in [0.717, 1.165) is 30.3 Å². The van der Waals surface area contributed by atoms with Crippen LogP contribution in [0.4, 0.5) is 30.7 Å². The van der Waals surface area contributed by atoms with Crippen LogP contribution < -0.4 is 14.8 Å². The molecule has 3 rings (SSSR count). The summed E-state index contributed by atoms with van der Waals surface area (Å²) in [6.07, 6.45) is -8.46. The van der Waals surface area contributed by atoms with Crippen LogP contribution in [-0.2, 0) is 35.0 Å². The van der Waals surface area contributed by atoms with Gasteiger partial charge in [0.2, 0.25) is 5.91 Å². The van der Waals surface area contributed by atoms with E-state index in [1.54, 1.807) is 0 Å². The summed E-state index contributed by atoms with van der Waals surface area (Å²) in [6.45, 7) is 1.18. The predicted octanol–water partition coefficient (Wildman–Crippen LogP) is 5.61. The first-order valence-corrected chi connectivity index (χ1v) is 12.8. The van der Waals surface area contributed by atoms with Crippen molar-refractivity contribution in [2.24, 2.45) is 0 Å². The highest BCUT2D eigenvalue weighted by molar-refractivity contribution is 7.82. The number of benzene rings is 2. The number of nitrogens with one attached hydrogen (secondary N) is 2. The molecule has 2 aromatic carbocycles. The smallest absolute Gasteiger partial charge is 0.406 e. The third-order valence-electron chi connectivity index (χ3n) is 5.50. The molecule has 210 valence electrons. The molecule has 1 aromatic heterocycles. The van der Waals surface area contributed by atoms with Crippen molar-refractivity contribution in [3.8, 4) is 17.0 Å². The Morgan fingerprint density at radius 3 is 2.31 bits per heavy atom. The third-order valence-corrected chi connectivity index (χ3v) is 6.05. The Morgan fingerprint density at radius 2 is 1.69 bits per heavy atom. The number of carbonyl (C=O) groups is 1. The van der Waals surface area contributed by atoms with Crippen LogP contribution >= 0.6 is 0 Å². The molecule has 1 amide bonds. The van der Waals surface area contributed by atoms with Crippen molar-refractivity contribution in [3.05, 3.63) is 82.8 Å². The van der Waals surface area contributed by atoms with Gasteiger partial charge in [0.1, 0.15) is 17.3 Å². The molecule has 1 heterocycles. The first-order valence-electron chi connectivity index (χ1n) is 11.2. The zero-order valence-corrected chi connectivity index (χ0v) is 21.2. The molecule has 0 saturated carbocycles. The minimum atomic E-state index is -5.02. The Hall–Kier alpha value is -3.52. The molecule has 2 atom stereocenters. The van der Waals surface area contributed by atoms with Crippen molar-refractivity contribution in [2.75, 3.05) is 6.26 Å². The van der Waals surface area contributed by atoms with Crippen LogP contribution in [0.25, 0.3) is 11.3 Å². The lowest BCUT2D eigenvalue weighted by Gasteiger charge is -2.17. The lowest BCUT2D eigenvalue weighted by molar-refractivity contribution is -0.274. The molecule has 0 saturated heterocycles. The molecule has 14 heteroatoms. The van der Waals surface area contributed by atoms with E-state index < -0.39 is 52.6 Å². The maximum absolute atomic E-state index is 14.4. The lowest BCUT2D eigenvalue weighted by atomic mass is 9.98. The number of halogens is 7. The topological polar surface area (TPSA) is 80.3 Å². The molecular weight excluding hydrogens is 555 g/mol. The van der Waals surface area contributed by atoms with Gasteiger partial charge in [-0.05, 0) is 42.3 Å². The zero-order valence-electron chi connectivity index (χ0n) is 20.4. The summed E-state index contributed by atoms with van der Waals surface area (Å²) in [7, 11) is -1.35. The Balaban J connectivity index is 1.84. The molecule has 0 bridgehead atoms. The molecule has 0 aliphatic carbocycles. The zero-order chi connectivity index (χ0) is 29.0. The Kier molecular flexibility index (Phi) is 9.33. The summed E-state index contributed by atoms with van der Waals surface area (Å²) in [5, 5.41) is 2.55. The number of hydrogen-bond acceptors (Lipinski definition) is 4. The quantitative estimate of drug-likeness (QED) is 0.324.